The monoisotopic (exact) mass is 276 g/mol. The highest BCUT2D eigenvalue weighted by molar-refractivity contribution is 5.86. The number of benzene rings is 1. The normalized spacial score (nSPS) is 15.8. The molecule has 0 radical (unpaired) electrons. The summed E-state index contributed by atoms with van der Waals surface area (Å²) in [6.45, 7) is 5.47. The van der Waals surface area contributed by atoms with E-state index >= 15 is 0 Å². The van der Waals surface area contributed by atoms with E-state index in [1.807, 2.05) is 32.0 Å². The summed E-state index contributed by atoms with van der Waals surface area (Å²) in [4.78, 5) is 28.6. The number of amides is 1. The molecule has 6 nitrogen and oxygen atoms in total. The van der Waals surface area contributed by atoms with Crippen LogP contribution in [-0.2, 0) is 4.79 Å². The molecule has 5 N–H and O–H groups in total. The number of aromatic nitrogens is 2. The molecule has 108 valence electrons. The van der Waals surface area contributed by atoms with Crippen molar-refractivity contribution in [1.29, 1.82) is 0 Å². The van der Waals surface area contributed by atoms with E-state index in [9.17, 15) is 9.59 Å². The van der Waals surface area contributed by atoms with Gasteiger partial charge < -0.3 is 21.0 Å². The third-order valence-electron chi connectivity index (χ3n) is 3.64. The topological polar surface area (TPSA) is 104 Å². The Morgan fingerprint density at radius 2 is 2.05 bits per heavy atom. The zero-order chi connectivity index (χ0) is 14.9. The van der Waals surface area contributed by atoms with E-state index in [0.29, 0.717) is 6.42 Å². The zero-order valence-electron chi connectivity index (χ0n) is 11.9. The van der Waals surface area contributed by atoms with Gasteiger partial charge >= 0.3 is 5.69 Å². The molecule has 6 heteroatoms. The lowest BCUT2D eigenvalue weighted by molar-refractivity contribution is -0.126. The second-order valence-corrected chi connectivity index (χ2v) is 5.35. The number of carbonyl (C=O) groups excluding carboxylic acids is 1. The van der Waals surface area contributed by atoms with Crippen molar-refractivity contribution < 1.29 is 4.79 Å². The van der Waals surface area contributed by atoms with Crippen molar-refractivity contribution >= 4 is 16.9 Å². The molecule has 0 bridgehead atoms. The fraction of sp³-hybridized carbons (Fsp3) is 0.429. The summed E-state index contributed by atoms with van der Waals surface area (Å²) in [5.41, 5.74) is 7.18. The molecular weight excluding hydrogens is 256 g/mol. The maximum atomic E-state index is 12.0. The van der Waals surface area contributed by atoms with Gasteiger partial charge in [-0.3, -0.25) is 4.79 Å². The fourth-order valence-electron chi connectivity index (χ4n) is 1.92. The zero-order valence-corrected chi connectivity index (χ0v) is 11.9. The van der Waals surface area contributed by atoms with Crippen LogP contribution in [0.4, 0.5) is 0 Å². The molecule has 20 heavy (non-hydrogen) atoms. The van der Waals surface area contributed by atoms with Gasteiger partial charge in [0.2, 0.25) is 5.91 Å². The van der Waals surface area contributed by atoms with Crippen molar-refractivity contribution in [3.63, 3.8) is 0 Å². The minimum Gasteiger partial charge on any atom is -0.348 e. The van der Waals surface area contributed by atoms with E-state index in [0.717, 1.165) is 16.6 Å². The third kappa shape index (κ3) is 2.75. The number of imidazole rings is 1. The van der Waals surface area contributed by atoms with Gasteiger partial charge in [0, 0.05) is 0 Å². The van der Waals surface area contributed by atoms with E-state index in [2.05, 4.69) is 15.3 Å². The summed E-state index contributed by atoms with van der Waals surface area (Å²) in [6.07, 6.45) is 0.565. The van der Waals surface area contributed by atoms with Gasteiger partial charge in [-0.1, -0.05) is 13.0 Å². The summed E-state index contributed by atoms with van der Waals surface area (Å²) >= 11 is 0. The van der Waals surface area contributed by atoms with Crippen molar-refractivity contribution in [2.24, 2.45) is 5.73 Å². The Morgan fingerprint density at radius 3 is 2.70 bits per heavy atom. The number of nitrogens with one attached hydrogen (secondary N) is 3. The molecule has 0 aliphatic carbocycles. The predicted molar refractivity (Wildman–Crippen MR) is 78.4 cm³/mol. The second-order valence-electron chi connectivity index (χ2n) is 5.35. The Kier molecular flexibility index (Phi) is 3.67. The molecule has 1 amide bonds. The van der Waals surface area contributed by atoms with Crippen LogP contribution in [0.1, 0.15) is 38.8 Å². The molecule has 2 rings (SSSR count). The molecule has 1 aromatic carbocycles. The molecule has 0 aliphatic rings. The minimum absolute atomic E-state index is 0.181. The highest BCUT2D eigenvalue weighted by atomic mass is 16.2. The average molecular weight is 276 g/mol. The minimum atomic E-state index is -0.874. The molecule has 1 aromatic heterocycles. The van der Waals surface area contributed by atoms with Crippen LogP contribution in [0, 0.1) is 0 Å². The number of aromatic amines is 2. The van der Waals surface area contributed by atoms with Gasteiger partial charge in [-0.05, 0) is 38.0 Å². The van der Waals surface area contributed by atoms with Crippen molar-refractivity contribution in [2.45, 2.75) is 38.8 Å². The molecule has 2 atom stereocenters. The van der Waals surface area contributed by atoms with Crippen LogP contribution in [0.3, 0.4) is 0 Å². The van der Waals surface area contributed by atoms with E-state index in [1.54, 1.807) is 6.92 Å². The first kappa shape index (κ1) is 14.3. The highest BCUT2D eigenvalue weighted by Gasteiger charge is 2.27. The number of hydrogen-bond donors (Lipinski definition) is 4. The summed E-state index contributed by atoms with van der Waals surface area (Å²) in [7, 11) is 0. The molecule has 0 spiro atoms. The largest absolute Gasteiger partial charge is 0.348 e. The molecule has 2 aromatic rings. The van der Waals surface area contributed by atoms with Crippen LogP contribution in [0.15, 0.2) is 23.0 Å². The van der Waals surface area contributed by atoms with Crippen molar-refractivity contribution in [3.05, 3.63) is 34.2 Å². The van der Waals surface area contributed by atoms with Gasteiger partial charge in [-0.25, -0.2) is 4.79 Å². The first-order chi connectivity index (χ1) is 9.33. The number of hydrogen-bond acceptors (Lipinski definition) is 3. The van der Waals surface area contributed by atoms with Gasteiger partial charge in [0.25, 0.3) is 0 Å². The van der Waals surface area contributed by atoms with Crippen molar-refractivity contribution in [1.82, 2.24) is 15.3 Å². The second kappa shape index (κ2) is 5.13. The molecular formula is C14H20N4O2. The third-order valence-corrected chi connectivity index (χ3v) is 3.64. The number of rotatable bonds is 4. The van der Waals surface area contributed by atoms with Crippen molar-refractivity contribution in [3.8, 4) is 0 Å². The van der Waals surface area contributed by atoms with Gasteiger partial charge in [-0.2, -0.15) is 0 Å². The van der Waals surface area contributed by atoms with E-state index in [4.69, 9.17) is 5.73 Å². The van der Waals surface area contributed by atoms with Crippen LogP contribution < -0.4 is 16.7 Å². The smallest absolute Gasteiger partial charge is 0.323 e. The number of H-pyrrole nitrogens is 2. The van der Waals surface area contributed by atoms with Crippen LogP contribution in [0.5, 0.6) is 0 Å². The van der Waals surface area contributed by atoms with Crippen LogP contribution in [-0.4, -0.2) is 21.4 Å². The molecule has 1 heterocycles. The predicted octanol–water partition coefficient (Wildman–Crippen LogP) is 1.16. The lowest BCUT2D eigenvalue weighted by Crippen LogP contribution is -2.51. The maximum Gasteiger partial charge on any atom is 0.323 e. The molecule has 2 unspecified atom stereocenters. The number of fused-ring (bicyclic) bond motifs is 1. The summed E-state index contributed by atoms with van der Waals surface area (Å²) in [6, 6.07) is 5.35. The van der Waals surface area contributed by atoms with Gasteiger partial charge in [-0.15, -0.1) is 0 Å². The van der Waals surface area contributed by atoms with Gasteiger partial charge in [0.05, 0.1) is 22.6 Å². The molecule has 0 fully saturated rings. The molecule has 0 aliphatic heterocycles. The highest BCUT2D eigenvalue weighted by Crippen LogP contribution is 2.18. The maximum absolute atomic E-state index is 12.0. The number of carbonyl (C=O) groups is 1. The average Bonchev–Trinajstić information content (AvgIpc) is 2.77. The first-order valence-corrected chi connectivity index (χ1v) is 6.65. The lowest BCUT2D eigenvalue weighted by atomic mass is 9.98. The first-order valence-electron chi connectivity index (χ1n) is 6.65. The Balaban J connectivity index is 2.21. The van der Waals surface area contributed by atoms with Gasteiger partial charge in [0.1, 0.15) is 0 Å². The summed E-state index contributed by atoms with van der Waals surface area (Å²) in [5, 5.41) is 2.89. The van der Waals surface area contributed by atoms with E-state index < -0.39 is 5.54 Å². The van der Waals surface area contributed by atoms with Crippen LogP contribution >= 0.6 is 0 Å². The molecule has 0 saturated heterocycles. The van der Waals surface area contributed by atoms with Gasteiger partial charge in [0.15, 0.2) is 0 Å². The Morgan fingerprint density at radius 1 is 1.40 bits per heavy atom. The fourth-order valence-corrected chi connectivity index (χ4v) is 1.92. The lowest BCUT2D eigenvalue weighted by Gasteiger charge is -2.24. The SMILES string of the molecule is CCC(C)(N)C(=O)NC(C)c1ccc2[nH]c(=O)[nH]c2c1. The Bertz CT molecular complexity index is 684. The quantitative estimate of drug-likeness (QED) is 0.673. The van der Waals surface area contributed by atoms with Crippen molar-refractivity contribution in [2.75, 3.05) is 0 Å². The van der Waals surface area contributed by atoms with E-state index in [-0.39, 0.29) is 17.6 Å². The molecule has 0 saturated carbocycles. The standard InChI is InChI=1S/C14H20N4O2/c1-4-14(3,15)12(19)16-8(2)9-5-6-10-11(7-9)18-13(20)17-10/h5-8H,4,15H2,1-3H3,(H,16,19)(H2,17,18,20). The van der Waals surface area contributed by atoms with Crippen LogP contribution in [0.25, 0.3) is 11.0 Å². The van der Waals surface area contributed by atoms with Crippen LogP contribution in [0.2, 0.25) is 0 Å². The van der Waals surface area contributed by atoms with E-state index in [1.165, 1.54) is 0 Å². The Labute approximate surface area is 116 Å². The Hall–Kier alpha value is -2.08. The number of nitrogens with two attached hydrogens (primary N) is 1. The summed E-state index contributed by atoms with van der Waals surface area (Å²) in [5.74, 6) is -0.185. The summed E-state index contributed by atoms with van der Waals surface area (Å²) < 4.78 is 0.